The molecule has 2 aromatic heterocycles. The van der Waals surface area contributed by atoms with E-state index in [1.807, 2.05) is 23.9 Å². The lowest BCUT2D eigenvalue weighted by molar-refractivity contribution is 0.0510. The van der Waals surface area contributed by atoms with E-state index in [-0.39, 0.29) is 6.10 Å². The van der Waals surface area contributed by atoms with Gasteiger partial charge in [0, 0.05) is 16.4 Å². The van der Waals surface area contributed by atoms with Crippen LogP contribution in [0.4, 0.5) is 0 Å². The van der Waals surface area contributed by atoms with Gasteiger partial charge in [-0.05, 0) is 24.3 Å². The van der Waals surface area contributed by atoms with Crippen LogP contribution in [0, 0.1) is 5.92 Å². The van der Waals surface area contributed by atoms with E-state index in [0.717, 1.165) is 12.8 Å². The van der Waals surface area contributed by atoms with Gasteiger partial charge in [0.2, 0.25) is 0 Å². The van der Waals surface area contributed by atoms with Gasteiger partial charge < -0.3 is 9.67 Å². The number of imidazole rings is 1. The lowest BCUT2D eigenvalue weighted by Crippen LogP contribution is -2.31. The lowest BCUT2D eigenvalue weighted by Gasteiger charge is -2.33. The molecule has 0 unspecified atom stereocenters. The molecule has 0 amide bonds. The molecule has 94 valence electrons. The van der Waals surface area contributed by atoms with Crippen molar-refractivity contribution in [2.24, 2.45) is 5.92 Å². The van der Waals surface area contributed by atoms with Gasteiger partial charge in [0.25, 0.3) is 0 Å². The molecule has 3 heterocycles. The number of aromatic nitrogens is 2. The van der Waals surface area contributed by atoms with Gasteiger partial charge in [-0.2, -0.15) is 0 Å². The quantitative estimate of drug-likeness (QED) is 0.855. The number of fused-ring (bicyclic) bond motifs is 3. The average molecular weight is 260 g/mol. The Morgan fingerprint density at radius 3 is 3.11 bits per heavy atom. The SMILES string of the molecule is O[C@@H]1CCCC[C@H]1[C@@H]1c2sccc2-c2cncn21. The van der Waals surface area contributed by atoms with Crippen LogP contribution in [0.1, 0.15) is 36.6 Å². The second kappa shape index (κ2) is 3.93. The van der Waals surface area contributed by atoms with Crippen LogP contribution in [-0.2, 0) is 0 Å². The van der Waals surface area contributed by atoms with Gasteiger partial charge in [-0.1, -0.05) is 12.8 Å². The van der Waals surface area contributed by atoms with Crippen LogP contribution < -0.4 is 0 Å². The summed E-state index contributed by atoms with van der Waals surface area (Å²) in [5, 5.41) is 12.5. The Bertz CT molecular complexity index is 534. The zero-order valence-electron chi connectivity index (χ0n) is 10.1. The fourth-order valence-corrected chi connectivity index (χ4v) is 4.61. The largest absolute Gasteiger partial charge is 0.393 e. The normalized spacial score (nSPS) is 30.2. The van der Waals surface area contributed by atoms with Crippen molar-refractivity contribution in [3.63, 3.8) is 0 Å². The topological polar surface area (TPSA) is 38.1 Å². The van der Waals surface area contributed by atoms with Crippen molar-refractivity contribution in [2.75, 3.05) is 0 Å². The van der Waals surface area contributed by atoms with Crippen LogP contribution in [0.15, 0.2) is 24.0 Å². The first-order chi connectivity index (χ1) is 8.86. The van der Waals surface area contributed by atoms with E-state index >= 15 is 0 Å². The second-order valence-corrected chi connectivity index (χ2v) is 6.29. The molecule has 3 nitrogen and oxygen atoms in total. The number of rotatable bonds is 1. The Morgan fingerprint density at radius 2 is 2.22 bits per heavy atom. The van der Waals surface area contributed by atoms with E-state index in [4.69, 9.17) is 0 Å². The van der Waals surface area contributed by atoms with Crippen LogP contribution in [0.3, 0.4) is 0 Å². The molecule has 1 aliphatic heterocycles. The molecule has 0 saturated heterocycles. The van der Waals surface area contributed by atoms with Crippen molar-refractivity contribution in [2.45, 2.75) is 37.8 Å². The van der Waals surface area contributed by atoms with E-state index in [0.29, 0.717) is 12.0 Å². The smallest absolute Gasteiger partial charge is 0.0957 e. The summed E-state index contributed by atoms with van der Waals surface area (Å²) in [6, 6.07) is 2.50. The minimum atomic E-state index is -0.160. The molecule has 0 radical (unpaired) electrons. The molecule has 1 saturated carbocycles. The Kier molecular flexibility index (Phi) is 2.35. The first-order valence-corrected chi connectivity index (χ1v) is 7.52. The minimum Gasteiger partial charge on any atom is -0.393 e. The van der Waals surface area contributed by atoms with E-state index in [1.54, 1.807) is 0 Å². The van der Waals surface area contributed by atoms with Crippen molar-refractivity contribution >= 4 is 11.3 Å². The van der Waals surface area contributed by atoms with E-state index in [2.05, 4.69) is 21.0 Å². The number of hydrogen-bond acceptors (Lipinski definition) is 3. The Labute approximate surface area is 110 Å². The Hall–Kier alpha value is -1.13. The van der Waals surface area contributed by atoms with Gasteiger partial charge in [-0.25, -0.2) is 4.98 Å². The summed E-state index contributed by atoms with van der Waals surface area (Å²) in [5.41, 5.74) is 2.54. The molecule has 1 aliphatic carbocycles. The molecule has 2 aromatic rings. The van der Waals surface area contributed by atoms with Crippen molar-refractivity contribution in [1.82, 2.24) is 9.55 Å². The molecule has 4 rings (SSSR count). The number of nitrogens with zero attached hydrogens (tertiary/aromatic N) is 2. The molecule has 3 atom stereocenters. The minimum absolute atomic E-state index is 0.160. The van der Waals surface area contributed by atoms with Gasteiger partial charge in [0.05, 0.1) is 30.4 Å². The second-order valence-electron chi connectivity index (χ2n) is 5.35. The molecule has 1 N–H and O–H groups in total. The maximum Gasteiger partial charge on any atom is 0.0957 e. The van der Waals surface area contributed by atoms with Crippen LogP contribution in [-0.4, -0.2) is 20.8 Å². The molecule has 0 aromatic carbocycles. The fraction of sp³-hybridized carbons (Fsp3) is 0.500. The predicted octanol–water partition coefficient (Wildman–Crippen LogP) is 3.07. The first-order valence-electron chi connectivity index (χ1n) is 6.64. The first kappa shape index (κ1) is 10.8. The molecular formula is C14H16N2OS. The summed E-state index contributed by atoms with van der Waals surface area (Å²) in [5.74, 6) is 0.353. The molecule has 4 heteroatoms. The average Bonchev–Trinajstić information content (AvgIpc) is 3.02. The third-order valence-electron chi connectivity index (χ3n) is 4.39. The van der Waals surface area contributed by atoms with Gasteiger partial charge in [0.15, 0.2) is 0 Å². The fourth-order valence-electron chi connectivity index (χ4n) is 3.53. The monoisotopic (exact) mass is 260 g/mol. The number of hydrogen-bond donors (Lipinski definition) is 1. The van der Waals surface area contributed by atoms with Crippen LogP contribution in [0.5, 0.6) is 0 Å². The zero-order chi connectivity index (χ0) is 12.1. The highest BCUT2D eigenvalue weighted by Crippen LogP contribution is 2.49. The highest BCUT2D eigenvalue weighted by molar-refractivity contribution is 7.10. The number of thiophene rings is 1. The van der Waals surface area contributed by atoms with E-state index in [1.165, 1.54) is 29.0 Å². The number of aliphatic hydroxyl groups is 1. The Balaban J connectivity index is 1.82. The molecule has 2 aliphatic rings. The van der Waals surface area contributed by atoms with E-state index < -0.39 is 0 Å². The van der Waals surface area contributed by atoms with Crippen molar-refractivity contribution in [3.05, 3.63) is 28.8 Å². The molecule has 0 spiro atoms. The highest BCUT2D eigenvalue weighted by Gasteiger charge is 2.39. The summed E-state index contributed by atoms with van der Waals surface area (Å²) in [4.78, 5) is 5.69. The van der Waals surface area contributed by atoms with Gasteiger partial charge in [0.1, 0.15) is 0 Å². The van der Waals surface area contributed by atoms with Gasteiger partial charge >= 0.3 is 0 Å². The third kappa shape index (κ3) is 1.36. The van der Waals surface area contributed by atoms with Gasteiger partial charge in [-0.3, -0.25) is 0 Å². The Morgan fingerprint density at radius 1 is 1.33 bits per heavy atom. The van der Waals surface area contributed by atoms with Crippen molar-refractivity contribution < 1.29 is 5.11 Å². The standard InChI is InChI=1S/C14H16N2OS/c17-12-4-2-1-3-10(12)13-14-9(5-6-18-14)11-7-15-8-16(11)13/h5-8,10,12-13,17H,1-4H2/t10-,12-,13-/m1/s1. The maximum atomic E-state index is 10.3. The van der Waals surface area contributed by atoms with Crippen molar-refractivity contribution in [3.8, 4) is 11.3 Å². The highest BCUT2D eigenvalue weighted by atomic mass is 32.1. The third-order valence-corrected chi connectivity index (χ3v) is 5.38. The van der Waals surface area contributed by atoms with Crippen LogP contribution in [0.2, 0.25) is 0 Å². The summed E-state index contributed by atoms with van der Waals surface area (Å²) in [6.45, 7) is 0. The summed E-state index contributed by atoms with van der Waals surface area (Å²) in [7, 11) is 0. The van der Waals surface area contributed by atoms with E-state index in [9.17, 15) is 5.11 Å². The molecular weight excluding hydrogens is 244 g/mol. The summed E-state index contributed by atoms with van der Waals surface area (Å²) < 4.78 is 2.26. The van der Waals surface area contributed by atoms with Crippen LogP contribution >= 0.6 is 11.3 Å². The molecule has 18 heavy (non-hydrogen) atoms. The molecule has 0 bridgehead atoms. The maximum absolute atomic E-state index is 10.3. The zero-order valence-corrected chi connectivity index (χ0v) is 10.9. The summed E-state index contributed by atoms with van der Waals surface area (Å²) in [6.07, 6.45) is 8.19. The molecule has 1 fully saturated rings. The number of aliphatic hydroxyl groups excluding tert-OH is 1. The van der Waals surface area contributed by atoms with Crippen LogP contribution in [0.25, 0.3) is 11.3 Å². The van der Waals surface area contributed by atoms with Crippen molar-refractivity contribution in [1.29, 1.82) is 0 Å². The van der Waals surface area contributed by atoms with Gasteiger partial charge in [-0.15, -0.1) is 11.3 Å². The summed E-state index contributed by atoms with van der Waals surface area (Å²) >= 11 is 1.82. The lowest BCUT2D eigenvalue weighted by atomic mass is 9.81. The predicted molar refractivity (Wildman–Crippen MR) is 71.6 cm³/mol.